The zero-order chi connectivity index (χ0) is 22.5. The molecule has 32 heavy (non-hydrogen) atoms. The highest BCUT2D eigenvalue weighted by Gasteiger charge is 2.22. The third kappa shape index (κ3) is 4.56. The van der Waals surface area contributed by atoms with Gasteiger partial charge in [0.05, 0.1) is 30.6 Å². The SMILES string of the molecule is C[C@H](OCc1ccccc1)[C@@H](CCn1cc(C#N)c2ccccc21)n1cnc(C(N)=O)c1. The number of fused-ring (bicyclic) bond motifs is 1. The highest BCUT2D eigenvalue weighted by Crippen LogP contribution is 2.25. The fourth-order valence-corrected chi connectivity index (χ4v) is 3.98. The van der Waals surface area contributed by atoms with Crippen LogP contribution in [0.3, 0.4) is 0 Å². The molecule has 7 heteroatoms. The molecule has 2 aromatic heterocycles. The number of amides is 1. The number of hydrogen-bond acceptors (Lipinski definition) is 4. The highest BCUT2D eigenvalue weighted by atomic mass is 16.5. The van der Waals surface area contributed by atoms with Crippen molar-refractivity contribution in [3.05, 3.63) is 90.1 Å². The molecule has 162 valence electrons. The molecule has 0 aliphatic carbocycles. The van der Waals surface area contributed by atoms with Crippen LogP contribution >= 0.6 is 0 Å². The molecule has 0 bridgehead atoms. The van der Waals surface area contributed by atoms with E-state index < -0.39 is 5.91 Å². The number of imidazole rings is 1. The lowest BCUT2D eigenvalue weighted by Crippen LogP contribution is -2.25. The van der Waals surface area contributed by atoms with Crippen molar-refractivity contribution in [1.82, 2.24) is 14.1 Å². The number of ether oxygens (including phenoxy) is 1. The Labute approximate surface area is 186 Å². The maximum absolute atomic E-state index is 11.6. The Morgan fingerprint density at radius 2 is 1.91 bits per heavy atom. The number of rotatable bonds is 9. The van der Waals surface area contributed by atoms with Crippen LogP contribution in [0, 0.1) is 11.3 Å². The molecule has 1 amide bonds. The fraction of sp³-hybridized carbons (Fsp3) is 0.240. The van der Waals surface area contributed by atoms with Crippen LogP contribution in [0.1, 0.15) is 41.0 Å². The third-order valence-electron chi connectivity index (χ3n) is 5.71. The minimum atomic E-state index is -0.560. The Balaban J connectivity index is 1.56. The summed E-state index contributed by atoms with van der Waals surface area (Å²) in [6.45, 7) is 3.18. The summed E-state index contributed by atoms with van der Waals surface area (Å²) in [5.41, 5.74) is 8.40. The summed E-state index contributed by atoms with van der Waals surface area (Å²) in [6, 6.07) is 20.1. The van der Waals surface area contributed by atoms with Crippen LogP contribution in [0.15, 0.2) is 73.3 Å². The average molecular weight is 428 g/mol. The molecule has 0 saturated heterocycles. The number of nitrogens with two attached hydrogens (primary N) is 1. The second-order valence-electron chi connectivity index (χ2n) is 7.79. The molecule has 4 aromatic rings. The van der Waals surface area contributed by atoms with Crippen LogP contribution < -0.4 is 5.73 Å². The normalized spacial score (nSPS) is 13.0. The standard InChI is InChI=1S/C25H25N5O2/c1-18(32-16-19-7-3-2-4-8-19)23(30-15-22(25(27)31)28-17-30)11-12-29-14-20(13-26)21-9-5-6-10-24(21)29/h2-10,14-15,17-18,23H,11-12,16H2,1H3,(H2,27,31)/t18-,23+/m0/s1. The van der Waals surface area contributed by atoms with E-state index in [1.54, 1.807) is 12.5 Å². The molecule has 2 atom stereocenters. The van der Waals surface area contributed by atoms with Crippen LogP contribution in [0.5, 0.6) is 0 Å². The summed E-state index contributed by atoms with van der Waals surface area (Å²) in [6.07, 6.45) is 5.75. The van der Waals surface area contributed by atoms with Crippen molar-refractivity contribution in [2.45, 2.75) is 38.6 Å². The van der Waals surface area contributed by atoms with Gasteiger partial charge in [0.15, 0.2) is 0 Å². The smallest absolute Gasteiger partial charge is 0.268 e. The van der Waals surface area contributed by atoms with Crippen molar-refractivity contribution >= 4 is 16.8 Å². The van der Waals surface area contributed by atoms with Gasteiger partial charge in [-0.3, -0.25) is 4.79 Å². The van der Waals surface area contributed by atoms with Crippen LogP contribution in [-0.2, 0) is 17.9 Å². The summed E-state index contributed by atoms with van der Waals surface area (Å²) < 4.78 is 10.2. The van der Waals surface area contributed by atoms with Crippen LogP contribution in [0.2, 0.25) is 0 Å². The van der Waals surface area contributed by atoms with Gasteiger partial charge in [-0.1, -0.05) is 48.5 Å². The number of aromatic nitrogens is 3. The van der Waals surface area contributed by atoms with E-state index in [1.165, 1.54) is 0 Å². The first-order chi connectivity index (χ1) is 15.6. The van der Waals surface area contributed by atoms with Crippen LogP contribution in [-0.4, -0.2) is 26.1 Å². The molecule has 0 fully saturated rings. The Bertz CT molecular complexity index is 1250. The number of hydrogen-bond donors (Lipinski definition) is 1. The highest BCUT2D eigenvalue weighted by molar-refractivity contribution is 5.90. The van der Waals surface area contributed by atoms with Crippen molar-refractivity contribution in [2.75, 3.05) is 0 Å². The number of nitrogens with zero attached hydrogens (tertiary/aromatic N) is 4. The van der Waals surface area contributed by atoms with E-state index in [1.807, 2.05) is 72.3 Å². The van der Waals surface area contributed by atoms with Crippen molar-refractivity contribution < 1.29 is 9.53 Å². The molecular formula is C25H25N5O2. The number of carbonyl (C=O) groups is 1. The Hall–Kier alpha value is -3.89. The van der Waals surface area contributed by atoms with Crippen molar-refractivity contribution in [3.8, 4) is 6.07 Å². The predicted molar refractivity (Wildman–Crippen MR) is 122 cm³/mol. The molecule has 0 aliphatic heterocycles. The quantitative estimate of drug-likeness (QED) is 0.436. The number of aryl methyl sites for hydroxylation is 1. The lowest BCUT2D eigenvalue weighted by Gasteiger charge is -2.26. The summed E-state index contributed by atoms with van der Waals surface area (Å²) in [4.78, 5) is 15.7. The van der Waals surface area contributed by atoms with Gasteiger partial charge in [0, 0.05) is 29.8 Å². The number of benzene rings is 2. The topological polar surface area (TPSA) is 98.9 Å². The molecule has 0 unspecified atom stereocenters. The zero-order valence-electron chi connectivity index (χ0n) is 17.9. The molecule has 2 aromatic carbocycles. The summed E-state index contributed by atoms with van der Waals surface area (Å²) >= 11 is 0. The van der Waals surface area contributed by atoms with Gasteiger partial charge >= 0.3 is 0 Å². The second-order valence-corrected chi connectivity index (χ2v) is 7.79. The Morgan fingerprint density at radius 3 is 2.62 bits per heavy atom. The van der Waals surface area contributed by atoms with E-state index >= 15 is 0 Å². The van der Waals surface area contributed by atoms with Crippen LogP contribution in [0.25, 0.3) is 10.9 Å². The van der Waals surface area contributed by atoms with E-state index in [0.717, 1.165) is 16.5 Å². The van der Waals surface area contributed by atoms with Crippen molar-refractivity contribution in [2.24, 2.45) is 5.73 Å². The summed E-state index contributed by atoms with van der Waals surface area (Å²) in [5, 5.41) is 10.4. The van der Waals surface area contributed by atoms with Crippen molar-refractivity contribution in [1.29, 1.82) is 5.26 Å². The molecule has 2 heterocycles. The lowest BCUT2D eigenvalue weighted by atomic mass is 10.1. The van der Waals surface area contributed by atoms with Gasteiger partial charge in [-0.2, -0.15) is 5.26 Å². The van der Waals surface area contributed by atoms with Gasteiger partial charge in [0.1, 0.15) is 11.8 Å². The average Bonchev–Trinajstić information content (AvgIpc) is 3.44. The third-order valence-corrected chi connectivity index (χ3v) is 5.71. The number of para-hydroxylation sites is 1. The predicted octanol–water partition coefficient (Wildman–Crippen LogP) is 4.05. The Kier molecular flexibility index (Phi) is 6.34. The lowest BCUT2D eigenvalue weighted by molar-refractivity contribution is 0.0137. The minimum absolute atomic E-state index is 0.0778. The first-order valence-electron chi connectivity index (χ1n) is 10.5. The van der Waals surface area contributed by atoms with Gasteiger partial charge in [0.25, 0.3) is 5.91 Å². The zero-order valence-corrected chi connectivity index (χ0v) is 17.9. The van der Waals surface area contributed by atoms with Gasteiger partial charge in [0.2, 0.25) is 0 Å². The monoisotopic (exact) mass is 427 g/mol. The molecule has 4 rings (SSSR count). The molecule has 0 saturated carbocycles. The molecule has 0 spiro atoms. The van der Waals surface area contributed by atoms with E-state index in [4.69, 9.17) is 10.5 Å². The number of nitriles is 1. The largest absolute Gasteiger partial charge is 0.372 e. The molecule has 7 nitrogen and oxygen atoms in total. The van der Waals surface area contributed by atoms with Gasteiger partial charge in [-0.25, -0.2) is 4.98 Å². The van der Waals surface area contributed by atoms with Gasteiger partial charge in [-0.05, 0) is 25.0 Å². The summed E-state index contributed by atoms with van der Waals surface area (Å²) in [5.74, 6) is -0.560. The Morgan fingerprint density at radius 1 is 1.16 bits per heavy atom. The summed E-state index contributed by atoms with van der Waals surface area (Å²) in [7, 11) is 0. The second kappa shape index (κ2) is 9.50. The fourth-order valence-electron chi connectivity index (χ4n) is 3.98. The van der Waals surface area contributed by atoms with E-state index in [2.05, 4.69) is 15.6 Å². The van der Waals surface area contributed by atoms with E-state index in [9.17, 15) is 10.1 Å². The molecular weight excluding hydrogens is 402 g/mol. The van der Waals surface area contributed by atoms with E-state index in [0.29, 0.717) is 25.1 Å². The van der Waals surface area contributed by atoms with Gasteiger partial charge in [-0.15, -0.1) is 0 Å². The number of primary amides is 1. The molecule has 2 N–H and O–H groups in total. The number of carbonyl (C=O) groups excluding carboxylic acids is 1. The van der Waals surface area contributed by atoms with Crippen molar-refractivity contribution in [3.63, 3.8) is 0 Å². The maximum atomic E-state index is 11.6. The van der Waals surface area contributed by atoms with Crippen LogP contribution in [0.4, 0.5) is 0 Å². The first kappa shape index (κ1) is 21.3. The van der Waals surface area contributed by atoms with E-state index in [-0.39, 0.29) is 17.8 Å². The maximum Gasteiger partial charge on any atom is 0.268 e. The minimum Gasteiger partial charge on any atom is -0.372 e. The molecule has 0 radical (unpaired) electrons. The molecule has 0 aliphatic rings. The first-order valence-corrected chi connectivity index (χ1v) is 10.5. The van der Waals surface area contributed by atoms with Gasteiger partial charge < -0.3 is 19.6 Å².